The van der Waals surface area contributed by atoms with Crippen LogP contribution in [0.25, 0.3) is 0 Å². The molecular formula is C10H10BrCl2NO4S2. The topological polar surface area (TPSA) is 80.3 Å². The Morgan fingerprint density at radius 3 is 2.55 bits per heavy atom. The van der Waals surface area contributed by atoms with Gasteiger partial charge in [0.05, 0.1) is 14.4 Å². The second-order valence-electron chi connectivity index (χ2n) is 3.74. The highest BCUT2D eigenvalue weighted by Crippen LogP contribution is 2.33. The zero-order valence-corrected chi connectivity index (χ0v) is 14.9. The van der Waals surface area contributed by atoms with Crippen LogP contribution in [-0.2, 0) is 19.9 Å². The molecule has 0 bridgehead atoms. The fraction of sp³-hybridized carbons (Fsp3) is 0.300. The van der Waals surface area contributed by atoms with Gasteiger partial charge < -0.3 is 5.32 Å². The average molecular weight is 423 g/mol. The Labute approximate surface area is 137 Å². The van der Waals surface area contributed by atoms with E-state index in [0.717, 1.165) is 6.07 Å². The molecule has 0 aromatic heterocycles. The lowest BCUT2D eigenvalue weighted by Gasteiger charge is -2.08. The van der Waals surface area contributed by atoms with Crippen LogP contribution < -0.4 is 5.32 Å². The number of rotatable bonds is 5. The summed E-state index contributed by atoms with van der Waals surface area (Å²) in [6, 6.07) is 2.44. The van der Waals surface area contributed by atoms with Crippen molar-refractivity contribution >= 4 is 64.0 Å². The number of halogens is 3. The van der Waals surface area contributed by atoms with Gasteiger partial charge in [-0.15, -0.1) is 0 Å². The highest BCUT2D eigenvalue weighted by atomic mass is 79.9. The molecule has 1 aromatic carbocycles. The van der Waals surface area contributed by atoms with Crippen LogP contribution in [-0.4, -0.2) is 37.1 Å². The zero-order valence-electron chi connectivity index (χ0n) is 10.2. The summed E-state index contributed by atoms with van der Waals surface area (Å²) in [6.45, 7) is 0.207. The second-order valence-corrected chi connectivity index (χ2v) is 9.03. The van der Waals surface area contributed by atoms with E-state index in [9.17, 15) is 17.4 Å². The fourth-order valence-electron chi connectivity index (χ4n) is 1.28. The maximum atomic E-state index is 11.8. The number of benzene rings is 1. The smallest absolute Gasteiger partial charge is 0.262 e. The van der Waals surface area contributed by atoms with Crippen molar-refractivity contribution in [2.75, 3.05) is 18.6 Å². The molecule has 112 valence electrons. The molecular weight excluding hydrogens is 413 g/mol. The van der Waals surface area contributed by atoms with E-state index in [2.05, 4.69) is 21.2 Å². The van der Waals surface area contributed by atoms with Crippen molar-refractivity contribution in [2.45, 2.75) is 4.90 Å². The molecule has 1 amide bonds. The molecule has 1 aromatic rings. The van der Waals surface area contributed by atoms with Crippen molar-refractivity contribution in [1.82, 2.24) is 5.32 Å². The van der Waals surface area contributed by atoms with Gasteiger partial charge in [-0.2, -0.15) is 0 Å². The van der Waals surface area contributed by atoms with Crippen LogP contribution in [0.2, 0.25) is 5.02 Å². The number of carbonyl (C=O) groups is 1. The molecule has 20 heavy (non-hydrogen) atoms. The second kappa shape index (κ2) is 7.22. The average Bonchev–Trinajstić information content (AvgIpc) is 2.30. The van der Waals surface area contributed by atoms with Crippen molar-refractivity contribution in [1.29, 1.82) is 0 Å². The van der Waals surface area contributed by atoms with E-state index < -0.39 is 25.8 Å². The Morgan fingerprint density at radius 1 is 1.45 bits per heavy atom. The summed E-state index contributed by atoms with van der Waals surface area (Å²) in [5, 5.41) is 2.56. The van der Waals surface area contributed by atoms with Gasteiger partial charge in [0.2, 0.25) is 0 Å². The highest BCUT2D eigenvalue weighted by molar-refractivity contribution is 9.10. The summed E-state index contributed by atoms with van der Waals surface area (Å²) in [7, 11) is 0.206. The molecule has 0 heterocycles. The van der Waals surface area contributed by atoms with Gasteiger partial charge in [-0.05, 0) is 28.1 Å². The van der Waals surface area contributed by atoms with Crippen molar-refractivity contribution in [2.24, 2.45) is 0 Å². The normalized spacial score (nSPS) is 13.0. The minimum atomic E-state index is -4.03. The molecule has 0 saturated heterocycles. The number of hydrogen-bond donors (Lipinski definition) is 1. The molecule has 5 nitrogen and oxygen atoms in total. The summed E-state index contributed by atoms with van der Waals surface area (Å²) in [5.74, 6) is -0.220. The third-order valence-electron chi connectivity index (χ3n) is 2.19. The molecule has 0 aliphatic rings. The molecule has 0 saturated carbocycles. The summed E-state index contributed by atoms with van der Waals surface area (Å²) >= 11 is 8.86. The third-order valence-corrected chi connectivity index (χ3v) is 5.96. The van der Waals surface area contributed by atoms with Crippen LogP contribution in [0.5, 0.6) is 0 Å². The first-order valence-electron chi connectivity index (χ1n) is 5.15. The molecule has 10 heteroatoms. The zero-order chi connectivity index (χ0) is 15.5. The highest BCUT2D eigenvalue weighted by Gasteiger charge is 2.20. The minimum absolute atomic E-state index is 0.0518. The van der Waals surface area contributed by atoms with Crippen LogP contribution in [0, 0.1) is 0 Å². The van der Waals surface area contributed by atoms with Crippen LogP contribution in [0.1, 0.15) is 10.4 Å². The first-order valence-corrected chi connectivity index (χ1v) is 10.4. The van der Waals surface area contributed by atoms with E-state index in [0.29, 0.717) is 5.75 Å². The van der Waals surface area contributed by atoms with Crippen molar-refractivity contribution in [3.05, 3.63) is 27.2 Å². The van der Waals surface area contributed by atoms with E-state index in [1.54, 1.807) is 0 Å². The molecule has 1 atom stereocenters. The predicted molar refractivity (Wildman–Crippen MR) is 83.5 cm³/mol. The van der Waals surface area contributed by atoms with Gasteiger partial charge in [0.25, 0.3) is 15.0 Å². The Balaban J connectivity index is 3.05. The van der Waals surface area contributed by atoms with E-state index in [1.807, 2.05) is 0 Å². The quantitative estimate of drug-likeness (QED) is 0.737. The Morgan fingerprint density at radius 2 is 2.05 bits per heavy atom. The van der Waals surface area contributed by atoms with E-state index in [1.165, 1.54) is 12.3 Å². The molecule has 0 radical (unpaired) electrons. The summed E-state index contributed by atoms with van der Waals surface area (Å²) in [4.78, 5) is 11.6. The van der Waals surface area contributed by atoms with Gasteiger partial charge in [-0.3, -0.25) is 9.00 Å². The molecule has 1 unspecified atom stereocenters. The Kier molecular flexibility index (Phi) is 6.46. The summed E-state index contributed by atoms with van der Waals surface area (Å²) in [5.41, 5.74) is 0.0549. The van der Waals surface area contributed by atoms with E-state index >= 15 is 0 Å². The fourth-order valence-corrected chi connectivity index (χ4v) is 4.05. The predicted octanol–water partition coefficient (Wildman–Crippen LogP) is 2.14. The number of nitrogens with one attached hydrogen (secondary N) is 1. The molecule has 0 fully saturated rings. The molecule has 1 rings (SSSR count). The van der Waals surface area contributed by atoms with Crippen LogP contribution >= 0.6 is 38.2 Å². The van der Waals surface area contributed by atoms with Gasteiger partial charge in [0.1, 0.15) is 0 Å². The molecule has 0 aliphatic heterocycles. The van der Waals surface area contributed by atoms with Gasteiger partial charge in [-0.25, -0.2) is 8.42 Å². The van der Waals surface area contributed by atoms with Crippen molar-refractivity contribution in [3.63, 3.8) is 0 Å². The van der Waals surface area contributed by atoms with Crippen LogP contribution in [0.15, 0.2) is 21.5 Å². The van der Waals surface area contributed by atoms with E-state index in [4.69, 9.17) is 22.3 Å². The number of amides is 1. The lowest BCUT2D eigenvalue weighted by atomic mass is 10.2. The maximum absolute atomic E-state index is 11.8. The van der Waals surface area contributed by atoms with Crippen LogP contribution in [0.3, 0.4) is 0 Å². The number of carbonyl (C=O) groups excluding carboxylic acids is 1. The lowest BCUT2D eigenvalue weighted by Crippen LogP contribution is -2.27. The monoisotopic (exact) mass is 421 g/mol. The first-order chi connectivity index (χ1) is 9.12. The van der Waals surface area contributed by atoms with Gasteiger partial charge in [0, 0.05) is 45.6 Å². The van der Waals surface area contributed by atoms with Crippen molar-refractivity contribution < 1.29 is 17.4 Å². The van der Waals surface area contributed by atoms with E-state index in [-0.39, 0.29) is 26.5 Å². The summed E-state index contributed by atoms with van der Waals surface area (Å²) < 4.78 is 33.8. The third kappa shape index (κ3) is 5.00. The largest absolute Gasteiger partial charge is 0.351 e. The standard InChI is InChI=1S/C10H10BrCl2NO4S2/c1-19(16)3-2-14-10(15)6-4-7(12)9(11)8(5-6)20(13,17)18/h4-5H,2-3H2,1H3,(H,14,15). The van der Waals surface area contributed by atoms with Crippen LogP contribution in [0.4, 0.5) is 0 Å². The van der Waals surface area contributed by atoms with Crippen molar-refractivity contribution in [3.8, 4) is 0 Å². The first kappa shape index (κ1) is 17.9. The van der Waals surface area contributed by atoms with Gasteiger partial charge in [0.15, 0.2) is 0 Å². The minimum Gasteiger partial charge on any atom is -0.351 e. The lowest BCUT2D eigenvalue weighted by molar-refractivity contribution is 0.0956. The molecule has 1 N–H and O–H groups in total. The Bertz CT molecular complexity index is 663. The van der Waals surface area contributed by atoms with Gasteiger partial charge >= 0.3 is 0 Å². The molecule has 0 spiro atoms. The number of hydrogen-bond acceptors (Lipinski definition) is 4. The summed E-state index contributed by atoms with van der Waals surface area (Å²) in [6.07, 6.45) is 1.51. The maximum Gasteiger partial charge on any atom is 0.262 e. The molecule has 0 aliphatic carbocycles. The SMILES string of the molecule is CS(=O)CCNC(=O)c1cc(Cl)c(Br)c(S(=O)(=O)Cl)c1. The Hall–Kier alpha value is -0.150. The van der Waals surface area contributed by atoms with Gasteiger partial charge in [-0.1, -0.05) is 11.6 Å².